The number of carbonyl (C=O) groups is 2. The van der Waals surface area contributed by atoms with E-state index >= 15 is 0 Å². The predicted molar refractivity (Wildman–Crippen MR) is 45.0 cm³/mol. The van der Waals surface area contributed by atoms with Crippen LogP contribution in [0, 0.1) is 11.8 Å². The summed E-state index contributed by atoms with van der Waals surface area (Å²) in [7, 11) is 0. The number of piperidine rings is 2. The second-order valence-electron chi connectivity index (χ2n) is 3.96. The summed E-state index contributed by atoms with van der Waals surface area (Å²) >= 11 is 0. The molecule has 0 spiro atoms. The summed E-state index contributed by atoms with van der Waals surface area (Å²) in [4.78, 5) is 23.5. The molecule has 2 bridgehead atoms. The van der Waals surface area contributed by atoms with E-state index in [0.717, 1.165) is 19.4 Å². The first-order valence-corrected chi connectivity index (χ1v) is 4.67. The highest BCUT2D eigenvalue weighted by atomic mass is 16.4. The van der Waals surface area contributed by atoms with Gasteiger partial charge in [-0.15, -0.1) is 0 Å². The number of fused-ring (bicyclic) bond motifs is 2. The molecule has 1 aliphatic carbocycles. The summed E-state index contributed by atoms with van der Waals surface area (Å²) in [6.07, 6.45) is 2.13. The van der Waals surface area contributed by atoms with Crippen molar-refractivity contribution in [1.82, 2.24) is 4.90 Å². The van der Waals surface area contributed by atoms with E-state index in [2.05, 4.69) is 0 Å². The van der Waals surface area contributed by atoms with Gasteiger partial charge in [-0.05, 0) is 18.8 Å². The Labute approximate surface area is 76.5 Å². The van der Waals surface area contributed by atoms with Gasteiger partial charge in [0, 0.05) is 19.0 Å². The molecule has 0 unspecified atom stereocenters. The second-order valence-corrected chi connectivity index (χ2v) is 3.96. The van der Waals surface area contributed by atoms with Gasteiger partial charge in [0.15, 0.2) is 0 Å². The molecule has 2 saturated heterocycles. The van der Waals surface area contributed by atoms with Crippen LogP contribution >= 0.6 is 0 Å². The minimum Gasteiger partial charge on any atom is -0.481 e. The molecule has 0 atom stereocenters. The molecule has 0 aromatic heterocycles. The van der Waals surface area contributed by atoms with Crippen LogP contribution in [0.2, 0.25) is 0 Å². The fourth-order valence-corrected chi connectivity index (χ4v) is 2.18. The van der Waals surface area contributed by atoms with E-state index in [4.69, 9.17) is 5.11 Å². The van der Waals surface area contributed by atoms with Gasteiger partial charge in [0.1, 0.15) is 0 Å². The van der Waals surface area contributed by atoms with E-state index < -0.39 is 5.97 Å². The predicted octanol–water partition coefficient (Wildman–Crippen LogP) is 0.329. The monoisotopic (exact) mass is 183 g/mol. The molecule has 3 rings (SSSR count). The Morgan fingerprint density at radius 2 is 2.23 bits per heavy atom. The van der Waals surface area contributed by atoms with Gasteiger partial charge < -0.3 is 10.0 Å². The topological polar surface area (TPSA) is 57.6 Å². The maximum atomic E-state index is 11.5. The molecule has 0 radical (unpaired) electrons. The van der Waals surface area contributed by atoms with Gasteiger partial charge >= 0.3 is 5.97 Å². The van der Waals surface area contributed by atoms with E-state index in [1.165, 1.54) is 0 Å². The Bertz CT molecular complexity index is 245. The summed E-state index contributed by atoms with van der Waals surface area (Å²) in [5, 5.41) is 8.47. The van der Waals surface area contributed by atoms with Crippen LogP contribution in [0.4, 0.5) is 0 Å². The van der Waals surface area contributed by atoms with Crippen LogP contribution in [0.3, 0.4) is 0 Å². The van der Waals surface area contributed by atoms with Crippen LogP contribution in [-0.4, -0.2) is 35.0 Å². The van der Waals surface area contributed by atoms with Crippen molar-refractivity contribution in [2.24, 2.45) is 11.8 Å². The van der Waals surface area contributed by atoms with Crippen LogP contribution in [0.25, 0.3) is 0 Å². The third-order valence-corrected chi connectivity index (χ3v) is 2.97. The maximum absolute atomic E-state index is 11.5. The fraction of sp³-hybridized carbons (Fsp3) is 0.778. The molecule has 72 valence electrons. The van der Waals surface area contributed by atoms with Gasteiger partial charge in [-0.25, -0.2) is 0 Å². The number of hydrogen-bond acceptors (Lipinski definition) is 2. The molecular formula is C9H13NO3. The molecule has 1 N–H and O–H groups in total. The lowest BCUT2D eigenvalue weighted by molar-refractivity contribution is -0.150. The summed E-state index contributed by atoms with van der Waals surface area (Å²) in [5.41, 5.74) is 0. The third-order valence-electron chi connectivity index (χ3n) is 2.97. The zero-order chi connectivity index (χ0) is 9.42. The Hall–Kier alpha value is -1.06. The first-order valence-electron chi connectivity index (χ1n) is 4.67. The molecule has 0 aromatic rings. The quantitative estimate of drug-likeness (QED) is 0.686. The van der Waals surface area contributed by atoms with Crippen LogP contribution in [-0.2, 0) is 9.59 Å². The Balaban J connectivity index is 1.86. The zero-order valence-electron chi connectivity index (χ0n) is 7.40. The van der Waals surface area contributed by atoms with Crippen molar-refractivity contribution >= 4 is 11.9 Å². The number of amides is 1. The average molecular weight is 183 g/mol. The van der Waals surface area contributed by atoms with E-state index in [-0.39, 0.29) is 18.2 Å². The molecule has 3 aliphatic rings. The fourth-order valence-electron chi connectivity index (χ4n) is 2.18. The van der Waals surface area contributed by atoms with E-state index in [9.17, 15) is 9.59 Å². The summed E-state index contributed by atoms with van der Waals surface area (Å²) < 4.78 is 0. The van der Waals surface area contributed by atoms with Crippen molar-refractivity contribution in [2.75, 3.05) is 13.1 Å². The highest BCUT2D eigenvalue weighted by molar-refractivity contribution is 5.81. The Kier molecular flexibility index (Phi) is 1.98. The zero-order valence-corrected chi connectivity index (χ0v) is 7.40. The third kappa shape index (κ3) is 1.53. The van der Waals surface area contributed by atoms with E-state index in [0.29, 0.717) is 12.5 Å². The van der Waals surface area contributed by atoms with Gasteiger partial charge in [-0.3, -0.25) is 9.59 Å². The van der Waals surface area contributed by atoms with Crippen molar-refractivity contribution in [3.63, 3.8) is 0 Å². The molecule has 0 aromatic carbocycles. The normalized spacial score (nSPS) is 31.4. The summed E-state index contributed by atoms with van der Waals surface area (Å²) in [5.74, 6) is 0.208. The van der Waals surface area contributed by atoms with Crippen molar-refractivity contribution in [3.8, 4) is 0 Å². The van der Waals surface area contributed by atoms with Crippen LogP contribution in [0.15, 0.2) is 0 Å². The molecule has 4 nitrogen and oxygen atoms in total. The minimum atomic E-state index is -0.827. The van der Waals surface area contributed by atoms with Crippen molar-refractivity contribution < 1.29 is 14.7 Å². The van der Waals surface area contributed by atoms with Gasteiger partial charge in [0.25, 0.3) is 0 Å². The molecule has 1 amide bonds. The van der Waals surface area contributed by atoms with E-state index in [1.54, 1.807) is 4.90 Å². The van der Waals surface area contributed by atoms with Gasteiger partial charge in [0.2, 0.25) is 5.91 Å². The van der Waals surface area contributed by atoms with E-state index in [1.807, 2.05) is 0 Å². The summed E-state index contributed by atoms with van der Waals surface area (Å²) in [6, 6.07) is 0. The smallest absolute Gasteiger partial charge is 0.305 e. The van der Waals surface area contributed by atoms with Crippen molar-refractivity contribution in [2.45, 2.75) is 19.3 Å². The SMILES string of the molecule is O=C(O)CCN1CC2CC(C2)C1=O. The molecule has 13 heavy (non-hydrogen) atoms. The summed E-state index contributed by atoms with van der Waals surface area (Å²) in [6.45, 7) is 1.17. The van der Waals surface area contributed by atoms with Gasteiger partial charge in [-0.2, -0.15) is 0 Å². The molecule has 2 aliphatic heterocycles. The Morgan fingerprint density at radius 1 is 1.54 bits per heavy atom. The number of carboxylic acid groups (broad SMARTS) is 1. The minimum absolute atomic E-state index is 0.0746. The molecule has 1 saturated carbocycles. The highest BCUT2D eigenvalue weighted by Crippen LogP contribution is 2.40. The average Bonchev–Trinajstić information content (AvgIpc) is 2.00. The van der Waals surface area contributed by atoms with Gasteiger partial charge in [-0.1, -0.05) is 0 Å². The lowest BCUT2D eigenvalue weighted by Gasteiger charge is -2.46. The van der Waals surface area contributed by atoms with Gasteiger partial charge in [0.05, 0.1) is 6.42 Å². The first-order chi connectivity index (χ1) is 6.16. The number of aliphatic carboxylic acids is 1. The molecule has 2 heterocycles. The van der Waals surface area contributed by atoms with Crippen LogP contribution in [0.1, 0.15) is 19.3 Å². The second kappa shape index (κ2) is 3.01. The number of hydrogen-bond donors (Lipinski definition) is 1. The molecule has 4 heteroatoms. The lowest BCUT2D eigenvalue weighted by Crippen LogP contribution is -2.53. The largest absolute Gasteiger partial charge is 0.481 e. The lowest BCUT2D eigenvalue weighted by atomic mass is 9.70. The first kappa shape index (κ1) is 8.53. The molecule has 3 fully saturated rings. The van der Waals surface area contributed by atoms with Crippen LogP contribution < -0.4 is 0 Å². The van der Waals surface area contributed by atoms with Crippen LogP contribution in [0.5, 0.6) is 0 Å². The Morgan fingerprint density at radius 3 is 2.77 bits per heavy atom. The number of carboxylic acids is 1. The molecular weight excluding hydrogens is 170 g/mol. The highest BCUT2D eigenvalue weighted by Gasteiger charge is 2.43. The number of nitrogens with zero attached hydrogens (tertiary/aromatic N) is 1. The van der Waals surface area contributed by atoms with Crippen molar-refractivity contribution in [3.05, 3.63) is 0 Å². The number of carbonyl (C=O) groups excluding carboxylic acids is 1. The standard InChI is InChI=1S/C9H13NO3/c11-8(12)1-2-10-5-6-3-7(4-6)9(10)13/h6-7H,1-5H2,(H,11,12). The maximum Gasteiger partial charge on any atom is 0.305 e. The van der Waals surface area contributed by atoms with Crippen molar-refractivity contribution in [1.29, 1.82) is 0 Å². The number of rotatable bonds is 3.